The number of nitrogens with zero attached hydrogens (tertiary/aromatic N) is 2. The SMILES string of the molecule is Cn1cnc(C(=O)NCCCCO)c1. The second-order valence-electron chi connectivity index (χ2n) is 3.11. The second-order valence-corrected chi connectivity index (χ2v) is 3.11. The number of nitrogens with one attached hydrogen (secondary N) is 1. The number of carbonyl (C=O) groups excluding carboxylic acids is 1. The van der Waals surface area contributed by atoms with Crippen LogP contribution >= 0.6 is 0 Å². The van der Waals surface area contributed by atoms with Gasteiger partial charge in [0.05, 0.1) is 6.33 Å². The molecule has 14 heavy (non-hydrogen) atoms. The van der Waals surface area contributed by atoms with Crippen molar-refractivity contribution in [2.24, 2.45) is 7.05 Å². The van der Waals surface area contributed by atoms with Crippen LogP contribution in [0.3, 0.4) is 0 Å². The molecular formula is C9H15N3O2. The highest BCUT2D eigenvalue weighted by atomic mass is 16.2. The third-order valence-corrected chi connectivity index (χ3v) is 1.81. The Balaban J connectivity index is 2.29. The van der Waals surface area contributed by atoms with Gasteiger partial charge >= 0.3 is 0 Å². The van der Waals surface area contributed by atoms with Gasteiger partial charge in [-0.25, -0.2) is 4.98 Å². The normalized spacial score (nSPS) is 10.1. The van der Waals surface area contributed by atoms with Crippen LogP contribution in [0.1, 0.15) is 23.3 Å². The average molecular weight is 197 g/mol. The lowest BCUT2D eigenvalue weighted by Crippen LogP contribution is -2.24. The first-order chi connectivity index (χ1) is 6.74. The zero-order chi connectivity index (χ0) is 10.4. The van der Waals surface area contributed by atoms with Gasteiger partial charge < -0.3 is 15.0 Å². The molecule has 0 saturated carbocycles. The fourth-order valence-corrected chi connectivity index (χ4v) is 1.06. The van der Waals surface area contributed by atoms with E-state index in [1.807, 2.05) is 7.05 Å². The lowest BCUT2D eigenvalue weighted by Gasteiger charge is -2.01. The molecule has 1 amide bonds. The van der Waals surface area contributed by atoms with Gasteiger partial charge in [0.25, 0.3) is 5.91 Å². The molecule has 0 aliphatic carbocycles. The number of rotatable bonds is 5. The fourth-order valence-electron chi connectivity index (χ4n) is 1.06. The van der Waals surface area contributed by atoms with Crippen LogP contribution in [0.15, 0.2) is 12.5 Å². The molecule has 0 aromatic carbocycles. The van der Waals surface area contributed by atoms with E-state index in [9.17, 15) is 4.79 Å². The first kappa shape index (κ1) is 10.7. The zero-order valence-electron chi connectivity index (χ0n) is 8.23. The summed E-state index contributed by atoms with van der Waals surface area (Å²) in [7, 11) is 1.82. The number of amides is 1. The van der Waals surface area contributed by atoms with Gasteiger partial charge in [-0.3, -0.25) is 4.79 Å². The Kier molecular flexibility index (Phi) is 4.12. The van der Waals surface area contributed by atoms with Crippen LogP contribution in [0, 0.1) is 0 Å². The van der Waals surface area contributed by atoms with E-state index in [4.69, 9.17) is 5.11 Å². The van der Waals surface area contributed by atoms with Crippen molar-refractivity contribution in [1.82, 2.24) is 14.9 Å². The van der Waals surface area contributed by atoms with E-state index in [1.54, 1.807) is 17.1 Å². The van der Waals surface area contributed by atoms with Crippen molar-refractivity contribution in [2.45, 2.75) is 12.8 Å². The van der Waals surface area contributed by atoms with E-state index in [2.05, 4.69) is 10.3 Å². The van der Waals surface area contributed by atoms with E-state index in [-0.39, 0.29) is 12.5 Å². The first-order valence-corrected chi connectivity index (χ1v) is 4.61. The van der Waals surface area contributed by atoms with Crippen molar-refractivity contribution in [3.8, 4) is 0 Å². The molecule has 1 aromatic rings. The summed E-state index contributed by atoms with van der Waals surface area (Å²) >= 11 is 0. The van der Waals surface area contributed by atoms with Crippen molar-refractivity contribution >= 4 is 5.91 Å². The molecule has 0 saturated heterocycles. The number of aryl methyl sites for hydroxylation is 1. The fraction of sp³-hybridized carbons (Fsp3) is 0.556. The van der Waals surface area contributed by atoms with Crippen molar-refractivity contribution < 1.29 is 9.90 Å². The predicted molar refractivity (Wildman–Crippen MR) is 51.9 cm³/mol. The summed E-state index contributed by atoms with van der Waals surface area (Å²) in [4.78, 5) is 15.3. The van der Waals surface area contributed by atoms with Gasteiger partial charge in [-0.2, -0.15) is 0 Å². The van der Waals surface area contributed by atoms with Gasteiger partial charge in [0.2, 0.25) is 0 Å². The molecule has 0 bridgehead atoms. The first-order valence-electron chi connectivity index (χ1n) is 4.61. The van der Waals surface area contributed by atoms with Gasteiger partial charge in [0, 0.05) is 26.4 Å². The molecule has 0 aliphatic rings. The molecule has 5 nitrogen and oxygen atoms in total. The number of aromatic nitrogens is 2. The van der Waals surface area contributed by atoms with Crippen LogP contribution in [-0.4, -0.2) is 33.7 Å². The van der Waals surface area contributed by atoms with Gasteiger partial charge in [-0.05, 0) is 12.8 Å². The van der Waals surface area contributed by atoms with E-state index < -0.39 is 0 Å². The molecule has 2 N–H and O–H groups in total. The van der Waals surface area contributed by atoms with Crippen LogP contribution in [0.25, 0.3) is 0 Å². The van der Waals surface area contributed by atoms with Crippen LogP contribution in [0.2, 0.25) is 0 Å². The van der Waals surface area contributed by atoms with Crippen molar-refractivity contribution in [3.63, 3.8) is 0 Å². The standard InChI is InChI=1S/C9H15N3O2/c1-12-6-8(11-7-12)9(14)10-4-2-3-5-13/h6-7,13H,2-5H2,1H3,(H,10,14). The number of hydrogen-bond acceptors (Lipinski definition) is 3. The van der Waals surface area contributed by atoms with Crippen molar-refractivity contribution in [2.75, 3.05) is 13.2 Å². The second kappa shape index (κ2) is 5.39. The number of imidazole rings is 1. The summed E-state index contributed by atoms with van der Waals surface area (Å²) in [6, 6.07) is 0. The monoisotopic (exact) mass is 197 g/mol. The Bertz CT molecular complexity index is 296. The summed E-state index contributed by atoms with van der Waals surface area (Å²) in [5.74, 6) is -0.163. The third kappa shape index (κ3) is 3.18. The van der Waals surface area contributed by atoms with Crippen LogP contribution in [-0.2, 0) is 7.05 Å². The van der Waals surface area contributed by atoms with Crippen LogP contribution in [0.4, 0.5) is 0 Å². The number of aliphatic hydroxyl groups is 1. The lowest BCUT2D eigenvalue weighted by molar-refractivity contribution is 0.0947. The average Bonchev–Trinajstić information content (AvgIpc) is 2.59. The van der Waals surface area contributed by atoms with Crippen molar-refractivity contribution in [3.05, 3.63) is 18.2 Å². The summed E-state index contributed by atoms with van der Waals surface area (Å²) in [6.45, 7) is 0.745. The number of unbranched alkanes of at least 4 members (excludes halogenated alkanes) is 1. The highest BCUT2D eigenvalue weighted by molar-refractivity contribution is 5.91. The number of aliphatic hydroxyl groups excluding tert-OH is 1. The minimum Gasteiger partial charge on any atom is -0.396 e. The molecule has 5 heteroatoms. The molecule has 1 aromatic heterocycles. The topological polar surface area (TPSA) is 67.2 Å². The van der Waals surface area contributed by atoms with Gasteiger partial charge in [0.15, 0.2) is 0 Å². The maximum absolute atomic E-state index is 11.4. The van der Waals surface area contributed by atoms with Crippen molar-refractivity contribution in [1.29, 1.82) is 0 Å². The van der Waals surface area contributed by atoms with E-state index >= 15 is 0 Å². The van der Waals surface area contributed by atoms with Gasteiger partial charge in [-0.1, -0.05) is 0 Å². The molecule has 78 valence electrons. The maximum atomic E-state index is 11.4. The molecule has 1 heterocycles. The van der Waals surface area contributed by atoms with Crippen LogP contribution in [0.5, 0.6) is 0 Å². The smallest absolute Gasteiger partial charge is 0.271 e. The Labute approximate surface area is 82.8 Å². The molecule has 0 unspecified atom stereocenters. The minimum absolute atomic E-state index is 0.163. The van der Waals surface area contributed by atoms with Gasteiger partial charge in [-0.15, -0.1) is 0 Å². The molecule has 0 aliphatic heterocycles. The Morgan fingerprint density at radius 2 is 2.43 bits per heavy atom. The van der Waals surface area contributed by atoms with E-state index in [0.29, 0.717) is 18.7 Å². The number of hydrogen-bond donors (Lipinski definition) is 2. The van der Waals surface area contributed by atoms with Crippen LogP contribution < -0.4 is 5.32 Å². The Morgan fingerprint density at radius 3 is 3.00 bits per heavy atom. The quantitative estimate of drug-likeness (QED) is 0.649. The van der Waals surface area contributed by atoms with E-state index in [0.717, 1.165) is 6.42 Å². The predicted octanol–water partition coefficient (Wildman–Crippen LogP) is -0.0776. The Morgan fingerprint density at radius 1 is 1.64 bits per heavy atom. The maximum Gasteiger partial charge on any atom is 0.271 e. The molecular weight excluding hydrogens is 182 g/mol. The highest BCUT2D eigenvalue weighted by Crippen LogP contribution is 1.93. The summed E-state index contributed by atoms with van der Waals surface area (Å²) in [6.07, 6.45) is 4.75. The molecule has 0 fully saturated rings. The molecule has 0 spiro atoms. The molecule has 0 atom stereocenters. The minimum atomic E-state index is -0.163. The third-order valence-electron chi connectivity index (χ3n) is 1.81. The number of carbonyl (C=O) groups is 1. The zero-order valence-corrected chi connectivity index (χ0v) is 8.23. The van der Waals surface area contributed by atoms with Gasteiger partial charge in [0.1, 0.15) is 5.69 Å². The molecule has 1 rings (SSSR count). The lowest BCUT2D eigenvalue weighted by atomic mass is 10.3. The Hall–Kier alpha value is -1.36. The summed E-state index contributed by atoms with van der Waals surface area (Å²) < 4.78 is 1.72. The highest BCUT2D eigenvalue weighted by Gasteiger charge is 2.06. The summed E-state index contributed by atoms with van der Waals surface area (Å²) in [5, 5.41) is 11.2. The molecule has 0 radical (unpaired) electrons. The summed E-state index contributed by atoms with van der Waals surface area (Å²) in [5.41, 5.74) is 0.427. The van der Waals surface area contributed by atoms with E-state index in [1.165, 1.54) is 0 Å². The largest absolute Gasteiger partial charge is 0.396 e.